The summed E-state index contributed by atoms with van der Waals surface area (Å²) in [6.45, 7) is 5.27. The highest BCUT2D eigenvalue weighted by Crippen LogP contribution is 2.27. The maximum Gasteiger partial charge on any atom is 0.324 e. The van der Waals surface area contributed by atoms with Gasteiger partial charge in [0, 0.05) is 51.2 Å². The van der Waals surface area contributed by atoms with Crippen molar-refractivity contribution in [2.75, 3.05) is 43.0 Å². The number of aryl methyl sites for hydroxylation is 1. The summed E-state index contributed by atoms with van der Waals surface area (Å²) >= 11 is 0. The summed E-state index contributed by atoms with van der Waals surface area (Å²) in [5.74, 6) is 0.966. The zero-order chi connectivity index (χ0) is 16.7. The van der Waals surface area contributed by atoms with E-state index in [1.807, 2.05) is 30.9 Å². The normalized spacial score (nSPS) is 21.2. The second-order valence-electron chi connectivity index (χ2n) is 6.44. The van der Waals surface area contributed by atoms with Gasteiger partial charge in [0.15, 0.2) is 0 Å². The molecule has 24 heavy (non-hydrogen) atoms. The van der Waals surface area contributed by atoms with Gasteiger partial charge in [-0.2, -0.15) is 5.10 Å². The first-order chi connectivity index (χ1) is 11.6. The molecule has 1 atom stereocenters. The van der Waals surface area contributed by atoms with Crippen LogP contribution in [0, 0.1) is 6.92 Å². The second kappa shape index (κ2) is 5.77. The monoisotopic (exact) mass is 327 g/mol. The molecule has 2 aliphatic rings. The fourth-order valence-corrected chi connectivity index (χ4v) is 3.33. The summed E-state index contributed by atoms with van der Waals surface area (Å²) in [6, 6.07) is 2.35. The lowest BCUT2D eigenvalue weighted by molar-refractivity contribution is 0.229. The van der Waals surface area contributed by atoms with Crippen LogP contribution >= 0.6 is 0 Å². The van der Waals surface area contributed by atoms with Gasteiger partial charge in [0.05, 0.1) is 17.9 Å². The maximum atomic E-state index is 12.1. The number of hydrogen-bond acceptors (Lipinski definition) is 5. The summed E-state index contributed by atoms with van der Waals surface area (Å²) in [5.41, 5.74) is 1.85. The Kier molecular flexibility index (Phi) is 3.59. The maximum absolute atomic E-state index is 12.1. The fourth-order valence-electron chi connectivity index (χ4n) is 3.33. The molecule has 0 spiro atoms. The molecule has 1 unspecified atom stereocenters. The number of likely N-dealkylation sites (N-methyl/N-ethyl adjacent to an activating group) is 1. The van der Waals surface area contributed by atoms with Crippen molar-refractivity contribution in [3.8, 4) is 0 Å². The number of urea groups is 1. The number of nitrogens with zero attached hydrogens (tertiary/aromatic N) is 7. The highest BCUT2D eigenvalue weighted by Gasteiger charge is 2.30. The van der Waals surface area contributed by atoms with Crippen molar-refractivity contribution in [1.29, 1.82) is 0 Å². The Morgan fingerprint density at radius 3 is 2.83 bits per heavy atom. The van der Waals surface area contributed by atoms with Crippen molar-refractivity contribution in [2.45, 2.75) is 19.4 Å². The van der Waals surface area contributed by atoms with Gasteiger partial charge in [-0.25, -0.2) is 14.8 Å². The van der Waals surface area contributed by atoms with Gasteiger partial charge in [0.25, 0.3) is 0 Å². The zero-order valence-corrected chi connectivity index (χ0v) is 14.0. The molecule has 8 nitrogen and oxygen atoms in total. The van der Waals surface area contributed by atoms with E-state index < -0.39 is 0 Å². The molecule has 4 rings (SSSR count). The third-order valence-corrected chi connectivity index (χ3v) is 4.77. The molecule has 0 radical (unpaired) electrons. The van der Waals surface area contributed by atoms with Crippen LogP contribution < -0.4 is 9.80 Å². The van der Waals surface area contributed by atoms with Crippen LogP contribution in [0.15, 0.2) is 24.8 Å². The lowest BCUT2D eigenvalue weighted by Gasteiger charge is -2.17. The average molecular weight is 327 g/mol. The molecule has 0 aromatic carbocycles. The van der Waals surface area contributed by atoms with Gasteiger partial charge in [0.2, 0.25) is 0 Å². The van der Waals surface area contributed by atoms with E-state index in [1.165, 1.54) is 0 Å². The Balaban J connectivity index is 1.47. The molecule has 0 saturated carbocycles. The van der Waals surface area contributed by atoms with Gasteiger partial charge >= 0.3 is 6.03 Å². The standard InChI is InChI=1S/C16H21N7O/c1-12-7-15(18-11-17-12)21-4-3-13(9-21)23-10-14(8-19-23)22-6-5-20(2)16(22)24/h7-8,10-11,13H,3-6,9H2,1-2H3. The van der Waals surface area contributed by atoms with E-state index in [0.29, 0.717) is 6.04 Å². The Morgan fingerprint density at radius 1 is 1.21 bits per heavy atom. The number of aromatic nitrogens is 4. The minimum absolute atomic E-state index is 0.0408. The average Bonchev–Trinajstić information content (AvgIpc) is 3.29. The molecular weight excluding hydrogens is 306 g/mol. The van der Waals surface area contributed by atoms with Crippen molar-refractivity contribution < 1.29 is 4.79 Å². The predicted molar refractivity (Wildman–Crippen MR) is 90.2 cm³/mol. The quantitative estimate of drug-likeness (QED) is 0.850. The van der Waals surface area contributed by atoms with Gasteiger partial charge in [0.1, 0.15) is 12.1 Å². The summed E-state index contributed by atoms with van der Waals surface area (Å²) in [6.07, 6.45) is 6.39. The lowest BCUT2D eigenvalue weighted by Crippen LogP contribution is -2.28. The first-order valence-electron chi connectivity index (χ1n) is 8.22. The predicted octanol–water partition coefficient (Wildman–Crippen LogP) is 1.30. The summed E-state index contributed by atoms with van der Waals surface area (Å²) < 4.78 is 1.98. The van der Waals surface area contributed by atoms with Gasteiger partial charge in [-0.1, -0.05) is 0 Å². The van der Waals surface area contributed by atoms with E-state index in [9.17, 15) is 4.79 Å². The van der Waals surface area contributed by atoms with Crippen LogP contribution in [0.1, 0.15) is 18.2 Å². The molecule has 8 heteroatoms. The van der Waals surface area contributed by atoms with Crippen molar-refractivity contribution in [3.63, 3.8) is 0 Å². The van der Waals surface area contributed by atoms with E-state index in [0.717, 1.165) is 49.8 Å². The minimum Gasteiger partial charge on any atom is -0.354 e. The van der Waals surface area contributed by atoms with Crippen LogP contribution in [0.25, 0.3) is 0 Å². The highest BCUT2D eigenvalue weighted by molar-refractivity contribution is 5.93. The second-order valence-corrected chi connectivity index (χ2v) is 6.44. The molecule has 0 aliphatic carbocycles. The van der Waals surface area contributed by atoms with Gasteiger partial charge in [-0.3, -0.25) is 9.58 Å². The number of hydrogen-bond donors (Lipinski definition) is 0. The highest BCUT2D eigenvalue weighted by atomic mass is 16.2. The molecule has 2 aromatic rings. The van der Waals surface area contributed by atoms with Crippen LogP contribution in [0.5, 0.6) is 0 Å². The number of carbonyl (C=O) groups is 1. The number of carbonyl (C=O) groups excluding carboxylic acids is 1. The van der Waals surface area contributed by atoms with E-state index >= 15 is 0 Å². The van der Waals surface area contributed by atoms with E-state index in [4.69, 9.17) is 0 Å². The molecule has 0 N–H and O–H groups in total. The van der Waals surface area contributed by atoms with Crippen molar-refractivity contribution in [1.82, 2.24) is 24.6 Å². The van der Waals surface area contributed by atoms with Crippen molar-refractivity contribution >= 4 is 17.5 Å². The number of rotatable bonds is 3. The molecule has 2 fully saturated rings. The van der Waals surface area contributed by atoms with Gasteiger partial charge in [-0.05, 0) is 13.3 Å². The SMILES string of the molecule is Cc1cc(N2CCC(n3cc(N4CCN(C)C4=O)cn3)C2)ncn1. The molecule has 0 bridgehead atoms. The third kappa shape index (κ3) is 2.57. The van der Waals surface area contributed by atoms with E-state index in [-0.39, 0.29) is 6.03 Å². The first-order valence-corrected chi connectivity index (χ1v) is 8.22. The Labute approximate surface area is 140 Å². The number of anilines is 2. The third-order valence-electron chi connectivity index (χ3n) is 4.77. The van der Waals surface area contributed by atoms with E-state index in [1.54, 1.807) is 22.3 Å². The minimum atomic E-state index is 0.0408. The summed E-state index contributed by atoms with van der Waals surface area (Å²) in [5, 5.41) is 4.49. The molecule has 4 heterocycles. The Morgan fingerprint density at radius 2 is 2.08 bits per heavy atom. The molecule has 2 amide bonds. The van der Waals surface area contributed by atoms with Crippen molar-refractivity contribution in [2.24, 2.45) is 0 Å². The zero-order valence-electron chi connectivity index (χ0n) is 14.0. The largest absolute Gasteiger partial charge is 0.354 e. The number of amides is 2. The summed E-state index contributed by atoms with van der Waals surface area (Å²) in [7, 11) is 1.82. The van der Waals surface area contributed by atoms with Gasteiger partial charge < -0.3 is 9.80 Å². The van der Waals surface area contributed by atoms with Gasteiger partial charge in [-0.15, -0.1) is 0 Å². The molecule has 2 saturated heterocycles. The van der Waals surface area contributed by atoms with Crippen LogP contribution in [0.2, 0.25) is 0 Å². The fraction of sp³-hybridized carbons (Fsp3) is 0.500. The summed E-state index contributed by atoms with van der Waals surface area (Å²) in [4.78, 5) is 26.4. The lowest BCUT2D eigenvalue weighted by atomic mass is 10.3. The topological polar surface area (TPSA) is 70.4 Å². The molecule has 2 aliphatic heterocycles. The van der Waals surface area contributed by atoms with Crippen LogP contribution in [-0.2, 0) is 0 Å². The van der Waals surface area contributed by atoms with Crippen LogP contribution in [-0.4, -0.2) is 63.9 Å². The first kappa shape index (κ1) is 14.9. The molecule has 126 valence electrons. The smallest absolute Gasteiger partial charge is 0.324 e. The molecule has 2 aromatic heterocycles. The Hall–Kier alpha value is -2.64. The van der Waals surface area contributed by atoms with Crippen molar-refractivity contribution in [3.05, 3.63) is 30.5 Å². The molecular formula is C16H21N7O. The van der Waals surface area contributed by atoms with Crippen LogP contribution in [0.3, 0.4) is 0 Å². The van der Waals surface area contributed by atoms with Crippen LogP contribution in [0.4, 0.5) is 16.3 Å². The van der Waals surface area contributed by atoms with E-state index in [2.05, 4.69) is 20.0 Å². The Bertz CT molecular complexity index is 758.